The van der Waals surface area contributed by atoms with Gasteiger partial charge in [-0.15, -0.1) is 0 Å². The van der Waals surface area contributed by atoms with E-state index in [4.69, 9.17) is 9.47 Å². The van der Waals surface area contributed by atoms with Crippen molar-refractivity contribution >= 4 is 5.91 Å². The molecule has 5 heteroatoms. The third kappa shape index (κ3) is 5.43. The van der Waals surface area contributed by atoms with Crippen LogP contribution in [0, 0.1) is 5.92 Å². The number of amides is 1. The lowest BCUT2D eigenvalue weighted by Gasteiger charge is -2.22. The highest BCUT2D eigenvalue weighted by Gasteiger charge is 2.15. The lowest BCUT2D eigenvalue weighted by molar-refractivity contribution is 0.0944. The molecular formula is C18H28N2O3. The van der Waals surface area contributed by atoms with Gasteiger partial charge in [-0.2, -0.15) is 0 Å². The zero-order valence-corrected chi connectivity index (χ0v) is 14.2. The SMILES string of the molecule is CCCCOc1ccc(C(=O)NCC2CCCNC2)cc1OC. The van der Waals surface area contributed by atoms with Gasteiger partial charge in [0.1, 0.15) is 0 Å². The Kier molecular flexibility index (Phi) is 7.20. The molecule has 128 valence electrons. The molecule has 0 aliphatic carbocycles. The van der Waals surface area contributed by atoms with Crippen molar-refractivity contribution in [2.24, 2.45) is 5.92 Å². The summed E-state index contributed by atoms with van der Waals surface area (Å²) in [6.45, 7) is 5.56. The fourth-order valence-corrected chi connectivity index (χ4v) is 2.69. The van der Waals surface area contributed by atoms with Crippen LogP contribution in [-0.2, 0) is 0 Å². The molecule has 0 bridgehead atoms. The van der Waals surface area contributed by atoms with Gasteiger partial charge in [-0.25, -0.2) is 0 Å². The second-order valence-electron chi connectivity index (χ2n) is 5.99. The topological polar surface area (TPSA) is 59.6 Å². The molecule has 2 N–H and O–H groups in total. The minimum absolute atomic E-state index is 0.0611. The van der Waals surface area contributed by atoms with E-state index in [0.717, 1.165) is 25.9 Å². The van der Waals surface area contributed by atoms with Crippen LogP contribution in [0.1, 0.15) is 43.0 Å². The third-order valence-electron chi connectivity index (χ3n) is 4.13. The molecular weight excluding hydrogens is 292 g/mol. The summed E-state index contributed by atoms with van der Waals surface area (Å²) in [6, 6.07) is 5.35. The maximum absolute atomic E-state index is 12.3. The maximum atomic E-state index is 12.3. The molecule has 1 fully saturated rings. The average molecular weight is 320 g/mol. The van der Waals surface area contributed by atoms with E-state index in [1.54, 1.807) is 19.2 Å². The first-order chi connectivity index (χ1) is 11.2. The van der Waals surface area contributed by atoms with Crippen molar-refractivity contribution in [3.63, 3.8) is 0 Å². The van der Waals surface area contributed by atoms with Gasteiger partial charge >= 0.3 is 0 Å². The highest BCUT2D eigenvalue weighted by Crippen LogP contribution is 2.28. The van der Waals surface area contributed by atoms with Crippen molar-refractivity contribution in [3.05, 3.63) is 23.8 Å². The van der Waals surface area contributed by atoms with Crippen LogP contribution in [0.3, 0.4) is 0 Å². The molecule has 1 saturated heterocycles. The molecule has 0 spiro atoms. The molecule has 5 nitrogen and oxygen atoms in total. The van der Waals surface area contributed by atoms with Crippen LogP contribution in [0.25, 0.3) is 0 Å². The molecule has 1 heterocycles. The Labute approximate surface area is 138 Å². The van der Waals surface area contributed by atoms with E-state index in [-0.39, 0.29) is 5.91 Å². The average Bonchev–Trinajstić information content (AvgIpc) is 2.61. The number of unbranched alkanes of at least 4 members (excludes halogenated alkanes) is 1. The number of benzene rings is 1. The van der Waals surface area contributed by atoms with Crippen molar-refractivity contribution in [3.8, 4) is 11.5 Å². The van der Waals surface area contributed by atoms with E-state index in [0.29, 0.717) is 36.1 Å². The van der Waals surface area contributed by atoms with E-state index in [2.05, 4.69) is 17.6 Å². The summed E-state index contributed by atoms with van der Waals surface area (Å²) in [4.78, 5) is 12.3. The first kappa shape index (κ1) is 17.6. The molecule has 1 atom stereocenters. The Morgan fingerprint density at radius 2 is 2.26 bits per heavy atom. The first-order valence-corrected chi connectivity index (χ1v) is 8.54. The molecule has 2 rings (SSSR count). The predicted octanol–water partition coefficient (Wildman–Crippen LogP) is 2.60. The standard InChI is InChI=1S/C18H28N2O3/c1-3-4-10-23-16-8-7-15(11-17(16)22-2)18(21)20-13-14-6-5-9-19-12-14/h7-8,11,14,19H,3-6,9-10,12-13H2,1-2H3,(H,20,21). The van der Waals surface area contributed by atoms with E-state index >= 15 is 0 Å². The number of nitrogens with one attached hydrogen (secondary N) is 2. The smallest absolute Gasteiger partial charge is 0.251 e. The van der Waals surface area contributed by atoms with Crippen LogP contribution in [-0.4, -0.2) is 39.3 Å². The summed E-state index contributed by atoms with van der Waals surface area (Å²) in [6.07, 6.45) is 4.43. The third-order valence-corrected chi connectivity index (χ3v) is 4.13. The molecule has 0 aromatic heterocycles. The lowest BCUT2D eigenvalue weighted by Crippen LogP contribution is -2.38. The first-order valence-electron chi connectivity index (χ1n) is 8.54. The maximum Gasteiger partial charge on any atom is 0.251 e. The van der Waals surface area contributed by atoms with Gasteiger partial charge in [-0.1, -0.05) is 13.3 Å². The van der Waals surface area contributed by atoms with Gasteiger partial charge in [0, 0.05) is 12.1 Å². The fourth-order valence-electron chi connectivity index (χ4n) is 2.69. The van der Waals surface area contributed by atoms with Gasteiger partial charge in [-0.05, 0) is 56.5 Å². The Bertz CT molecular complexity index is 499. The monoisotopic (exact) mass is 320 g/mol. The molecule has 1 amide bonds. The summed E-state index contributed by atoms with van der Waals surface area (Å²) in [7, 11) is 1.59. The van der Waals surface area contributed by atoms with Crippen molar-refractivity contribution in [1.29, 1.82) is 0 Å². The number of hydrogen-bond donors (Lipinski definition) is 2. The Hall–Kier alpha value is -1.75. The number of rotatable bonds is 8. The Balaban J connectivity index is 1.91. The van der Waals surface area contributed by atoms with Gasteiger partial charge in [0.05, 0.1) is 13.7 Å². The van der Waals surface area contributed by atoms with E-state index < -0.39 is 0 Å². The summed E-state index contributed by atoms with van der Waals surface area (Å²) >= 11 is 0. The second kappa shape index (κ2) is 9.40. The summed E-state index contributed by atoms with van der Waals surface area (Å²) < 4.78 is 11.0. The molecule has 0 radical (unpaired) electrons. The van der Waals surface area contributed by atoms with E-state index in [1.807, 2.05) is 6.07 Å². The Morgan fingerprint density at radius 1 is 1.39 bits per heavy atom. The predicted molar refractivity (Wildman–Crippen MR) is 91.3 cm³/mol. The molecule has 1 aromatic carbocycles. The van der Waals surface area contributed by atoms with Crippen LogP contribution in [0.5, 0.6) is 11.5 Å². The van der Waals surface area contributed by atoms with Crippen molar-refractivity contribution in [2.45, 2.75) is 32.6 Å². The van der Waals surface area contributed by atoms with E-state index in [9.17, 15) is 4.79 Å². The molecule has 0 saturated carbocycles. The van der Waals surface area contributed by atoms with Crippen LogP contribution in [0.4, 0.5) is 0 Å². The lowest BCUT2D eigenvalue weighted by atomic mass is 9.99. The number of carbonyl (C=O) groups excluding carboxylic acids is 1. The summed E-state index contributed by atoms with van der Waals surface area (Å²) in [5.41, 5.74) is 0.605. The second-order valence-corrected chi connectivity index (χ2v) is 5.99. The van der Waals surface area contributed by atoms with Gasteiger partial charge in [0.25, 0.3) is 5.91 Å². The van der Waals surface area contributed by atoms with Crippen molar-refractivity contribution in [2.75, 3.05) is 33.4 Å². The largest absolute Gasteiger partial charge is 0.493 e. The summed E-state index contributed by atoms with van der Waals surface area (Å²) in [5, 5.41) is 6.38. The van der Waals surface area contributed by atoms with Crippen LogP contribution in [0.2, 0.25) is 0 Å². The van der Waals surface area contributed by atoms with Crippen LogP contribution in [0.15, 0.2) is 18.2 Å². The molecule has 23 heavy (non-hydrogen) atoms. The molecule has 1 aromatic rings. The summed E-state index contributed by atoms with van der Waals surface area (Å²) in [5.74, 6) is 1.75. The normalized spacial score (nSPS) is 17.6. The Morgan fingerprint density at radius 3 is 2.96 bits per heavy atom. The number of ether oxygens (including phenoxy) is 2. The number of hydrogen-bond acceptors (Lipinski definition) is 4. The molecule has 1 unspecified atom stereocenters. The fraction of sp³-hybridized carbons (Fsp3) is 0.611. The zero-order chi connectivity index (χ0) is 16.5. The quantitative estimate of drug-likeness (QED) is 0.723. The zero-order valence-electron chi connectivity index (χ0n) is 14.2. The highest BCUT2D eigenvalue weighted by atomic mass is 16.5. The molecule has 1 aliphatic rings. The molecule has 1 aliphatic heterocycles. The minimum Gasteiger partial charge on any atom is -0.493 e. The number of methoxy groups -OCH3 is 1. The minimum atomic E-state index is -0.0611. The number of carbonyl (C=O) groups is 1. The van der Waals surface area contributed by atoms with Crippen LogP contribution >= 0.6 is 0 Å². The van der Waals surface area contributed by atoms with Gasteiger partial charge < -0.3 is 20.1 Å². The number of piperidine rings is 1. The van der Waals surface area contributed by atoms with Crippen LogP contribution < -0.4 is 20.1 Å². The van der Waals surface area contributed by atoms with Crippen molar-refractivity contribution < 1.29 is 14.3 Å². The van der Waals surface area contributed by atoms with E-state index in [1.165, 1.54) is 12.8 Å². The van der Waals surface area contributed by atoms with Crippen molar-refractivity contribution in [1.82, 2.24) is 10.6 Å². The van der Waals surface area contributed by atoms with Gasteiger partial charge in [0.15, 0.2) is 11.5 Å². The van der Waals surface area contributed by atoms with Gasteiger partial charge in [-0.3, -0.25) is 4.79 Å². The highest BCUT2D eigenvalue weighted by molar-refractivity contribution is 5.94. The van der Waals surface area contributed by atoms with Gasteiger partial charge in [0.2, 0.25) is 0 Å².